The van der Waals surface area contributed by atoms with E-state index in [1.54, 1.807) is 0 Å². The normalized spacial score (nSPS) is 12.6. The second-order valence-corrected chi connectivity index (χ2v) is 4.64. The number of anilines is 2. The average molecular weight is 237 g/mol. The summed E-state index contributed by atoms with van der Waals surface area (Å²) in [6.45, 7) is 8.48. The molecule has 1 atom stereocenters. The Kier molecular flexibility index (Phi) is 4.69. The van der Waals surface area contributed by atoms with Gasteiger partial charge >= 0.3 is 0 Å². The first-order valence-electron chi connectivity index (χ1n) is 6.08. The maximum atomic E-state index is 5.44. The second-order valence-electron chi connectivity index (χ2n) is 4.64. The minimum Gasteiger partial charge on any atom is -0.357 e. The van der Waals surface area contributed by atoms with Crippen molar-refractivity contribution in [3.05, 3.63) is 11.9 Å². The van der Waals surface area contributed by atoms with E-state index in [2.05, 4.69) is 48.0 Å². The van der Waals surface area contributed by atoms with Crippen LogP contribution < -0.4 is 16.2 Å². The minimum atomic E-state index is 0.285. The molecule has 5 nitrogen and oxygen atoms in total. The maximum absolute atomic E-state index is 5.44. The van der Waals surface area contributed by atoms with Gasteiger partial charge in [-0.05, 0) is 13.3 Å². The molecule has 0 fully saturated rings. The smallest absolute Gasteiger partial charge is 0.145 e. The van der Waals surface area contributed by atoms with Crippen LogP contribution in [0.3, 0.4) is 0 Å². The number of hydrogen-bond donors (Lipinski definition) is 2. The number of hydrazine groups is 1. The van der Waals surface area contributed by atoms with Gasteiger partial charge in [0.15, 0.2) is 0 Å². The molecule has 0 radical (unpaired) electrons. The van der Waals surface area contributed by atoms with Gasteiger partial charge in [-0.1, -0.05) is 20.8 Å². The van der Waals surface area contributed by atoms with E-state index < -0.39 is 0 Å². The first-order valence-corrected chi connectivity index (χ1v) is 6.08. The number of nitrogens with one attached hydrogen (secondary N) is 1. The summed E-state index contributed by atoms with van der Waals surface area (Å²) in [6.07, 6.45) is 1.07. The molecule has 0 saturated carbocycles. The fraction of sp³-hybridized carbons (Fsp3) is 0.667. The highest BCUT2D eigenvalue weighted by Gasteiger charge is 2.13. The molecule has 1 rings (SSSR count). The summed E-state index contributed by atoms with van der Waals surface area (Å²) in [6, 6.07) is 2.31. The van der Waals surface area contributed by atoms with Gasteiger partial charge in [-0.3, -0.25) is 0 Å². The zero-order valence-electron chi connectivity index (χ0n) is 11.4. The first kappa shape index (κ1) is 13.7. The van der Waals surface area contributed by atoms with Crippen molar-refractivity contribution < 1.29 is 0 Å². The highest BCUT2D eigenvalue weighted by atomic mass is 15.3. The average Bonchev–Trinajstić information content (AvgIpc) is 2.36. The Balaban J connectivity index is 3.10. The molecule has 1 aromatic heterocycles. The molecule has 0 bridgehead atoms. The number of nitrogen functional groups attached to an aromatic ring is 1. The lowest BCUT2D eigenvalue weighted by atomic mass is 10.2. The molecule has 0 aromatic carbocycles. The second kappa shape index (κ2) is 5.82. The minimum absolute atomic E-state index is 0.285. The molecule has 1 heterocycles. The molecular weight excluding hydrogens is 214 g/mol. The molecule has 96 valence electrons. The van der Waals surface area contributed by atoms with E-state index in [4.69, 9.17) is 5.84 Å². The molecule has 0 aliphatic carbocycles. The van der Waals surface area contributed by atoms with Gasteiger partial charge in [0.25, 0.3) is 0 Å². The third-order valence-corrected chi connectivity index (χ3v) is 3.01. The van der Waals surface area contributed by atoms with Crippen molar-refractivity contribution in [2.24, 2.45) is 5.84 Å². The standard InChI is InChI=1S/C12H23N5/c1-6-9(4)17(5)11-7-10(16-13)14-12(15-11)8(2)3/h7-9H,6,13H2,1-5H3,(H,14,15,16). The first-order chi connectivity index (χ1) is 7.99. The largest absolute Gasteiger partial charge is 0.357 e. The van der Waals surface area contributed by atoms with Crippen molar-refractivity contribution in [2.45, 2.75) is 46.1 Å². The van der Waals surface area contributed by atoms with Crippen molar-refractivity contribution in [2.75, 3.05) is 17.4 Å². The van der Waals surface area contributed by atoms with E-state index in [9.17, 15) is 0 Å². The molecule has 0 saturated heterocycles. The van der Waals surface area contributed by atoms with Gasteiger partial charge in [-0.2, -0.15) is 0 Å². The van der Waals surface area contributed by atoms with Crippen molar-refractivity contribution in [3.8, 4) is 0 Å². The van der Waals surface area contributed by atoms with Crippen molar-refractivity contribution in [1.29, 1.82) is 0 Å². The van der Waals surface area contributed by atoms with Crippen LogP contribution >= 0.6 is 0 Å². The summed E-state index contributed by atoms with van der Waals surface area (Å²) in [7, 11) is 2.04. The molecule has 3 N–H and O–H groups in total. The van der Waals surface area contributed by atoms with E-state index in [-0.39, 0.29) is 5.92 Å². The molecular formula is C12H23N5. The third kappa shape index (κ3) is 3.30. The Bertz CT molecular complexity index is 364. The van der Waals surface area contributed by atoms with Gasteiger partial charge in [-0.15, -0.1) is 0 Å². The molecule has 0 spiro atoms. The van der Waals surface area contributed by atoms with Crippen LogP contribution in [0.25, 0.3) is 0 Å². The summed E-state index contributed by atoms with van der Waals surface area (Å²) in [4.78, 5) is 11.1. The predicted octanol–water partition coefficient (Wildman–Crippen LogP) is 2.12. The Hall–Kier alpha value is -1.36. The van der Waals surface area contributed by atoms with Crippen LogP contribution in [0.4, 0.5) is 11.6 Å². The monoisotopic (exact) mass is 237 g/mol. The fourth-order valence-corrected chi connectivity index (χ4v) is 1.47. The van der Waals surface area contributed by atoms with E-state index in [0.29, 0.717) is 11.9 Å². The predicted molar refractivity (Wildman–Crippen MR) is 72.1 cm³/mol. The molecule has 17 heavy (non-hydrogen) atoms. The number of nitrogens with zero attached hydrogens (tertiary/aromatic N) is 3. The Labute approximate surface area is 103 Å². The maximum Gasteiger partial charge on any atom is 0.145 e. The molecule has 1 unspecified atom stereocenters. The summed E-state index contributed by atoms with van der Waals surface area (Å²) in [5.74, 6) is 8.10. The van der Waals surface area contributed by atoms with Crippen LogP contribution in [0.2, 0.25) is 0 Å². The zero-order valence-corrected chi connectivity index (χ0v) is 11.4. The zero-order chi connectivity index (χ0) is 13.0. The van der Waals surface area contributed by atoms with Gasteiger partial charge in [-0.25, -0.2) is 15.8 Å². The topological polar surface area (TPSA) is 67.1 Å². The lowest BCUT2D eigenvalue weighted by Gasteiger charge is -2.25. The summed E-state index contributed by atoms with van der Waals surface area (Å²) in [5, 5.41) is 0. The number of hydrogen-bond acceptors (Lipinski definition) is 5. The number of nitrogens with two attached hydrogens (primary N) is 1. The lowest BCUT2D eigenvalue weighted by molar-refractivity contribution is 0.650. The van der Waals surface area contributed by atoms with Crippen LogP contribution in [-0.4, -0.2) is 23.1 Å². The van der Waals surface area contributed by atoms with Crippen molar-refractivity contribution in [3.63, 3.8) is 0 Å². The summed E-state index contributed by atoms with van der Waals surface area (Å²) < 4.78 is 0. The van der Waals surface area contributed by atoms with Gasteiger partial charge in [0, 0.05) is 25.1 Å². The SMILES string of the molecule is CCC(C)N(C)c1cc(NN)nc(C(C)C)n1. The molecule has 5 heteroatoms. The van der Waals surface area contributed by atoms with Crippen LogP contribution in [0, 0.1) is 0 Å². The van der Waals surface area contributed by atoms with Crippen LogP contribution in [-0.2, 0) is 0 Å². The number of aromatic nitrogens is 2. The fourth-order valence-electron chi connectivity index (χ4n) is 1.47. The van der Waals surface area contributed by atoms with E-state index in [0.717, 1.165) is 18.1 Å². The van der Waals surface area contributed by atoms with Gasteiger partial charge in [0.2, 0.25) is 0 Å². The summed E-state index contributed by atoms with van der Waals surface area (Å²) in [5.41, 5.74) is 2.60. The van der Waals surface area contributed by atoms with Crippen molar-refractivity contribution in [1.82, 2.24) is 9.97 Å². The molecule has 1 aromatic rings. The van der Waals surface area contributed by atoms with E-state index >= 15 is 0 Å². The van der Waals surface area contributed by atoms with Gasteiger partial charge in [0.1, 0.15) is 17.5 Å². The molecule has 0 aliphatic heterocycles. The quantitative estimate of drug-likeness (QED) is 0.606. The highest BCUT2D eigenvalue weighted by Crippen LogP contribution is 2.20. The van der Waals surface area contributed by atoms with E-state index in [1.165, 1.54) is 0 Å². The molecule has 0 amide bonds. The lowest BCUT2D eigenvalue weighted by Crippen LogP contribution is -2.29. The van der Waals surface area contributed by atoms with Crippen LogP contribution in [0.5, 0.6) is 0 Å². The van der Waals surface area contributed by atoms with Crippen LogP contribution in [0.15, 0.2) is 6.07 Å². The Morgan fingerprint density at radius 3 is 2.47 bits per heavy atom. The number of rotatable bonds is 5. The highest BCUT2D eigenvalue weighted by molar-refractivity contribution is 5.49. The van der Waals surface area contributed by atoms with Crippen molar-refractivity contribution >= 4 is 11.6 Å². The van der Waals surface area contributed by atoms with Gasteiger partial charge in [0.05, 0.1) is 0 Å². The van der Waals surface area contributed by atoms with E-state index in [1.807, 2.05) is 13.1 Å². The molecule has 0 aliphatic rings. The van der Waals surface area contributed by atoms with Crippen LogP contribution in [0.1, 0.15) is 45.9 Å². The Morgan fingerprint density at radius 1 is 1.35 bits per heavy atom. The Morgan fingerprint density at radius 2 is 2.00 bits per heavy atom. The third-order valence-electron chi connectivity index (χ3n) is 3.01. The van der Waals surface area contributed by atoms with Gasteiger partial charge < -0.3 is 10.3 Å². The summed E-state index contributed by atoms with van der Waals surface area (Å²) >= 11 is 0.